The Morgan fingerprint density at radius 3 is 2.75 bits per heavy atom. The zero-order valence-electron chi connectivity index (χ0n) is 12.2. The quantitative estimate of drug-likeness (QED) is 0.930. The number of hydrogen-bond donors (Lipinski definition) is 1. The van der Waals surface area contributed by atoms with Gasteiger partial charge in [0.2, 0.25) is 0 Å². The first kappa shape index (κ1) is 13.3. The van der Waals surface area contributed by atoms with Crippen LogP contribution in [0.5, 0.6) is 0 Å². The zero-order chi connectivity index (χ0) is 14.2. The molecule has 1 aromatic heterocycles. The lowest BCUT2D eigenvalue weighted by molar-refractivity contribution is 0.502. The van der Waals surface area contributed by atoms with E-state index < -0.39 is 0 Å². The molecule has 0 saturated heterocycles. The Kier molecular flexibility index (Phi) is 3.30. The van der Waals surface area contributed by atoms with Crippen molar-refractivity contribution in [3.63, 3.8) is 0 Å². The van der Waals surface area contributed by atoms with Crippen molar-refractivity contribution in [2.75, 3.05) is 0 Å². The van der Waals surface area contributed by atoms with Gasteiger partial charge >= 0.3 is 0 Å². The Morgan fingerprint density at radius 1 is 1.15 bits per heavy atom. The molecule has 0 unspecified atom stereocenters. The number of fused-ring (bicyclic) bond motifs is 1. The normalized spacial score (nSPS) is 14.3. The van der Waals surface area contributed by atoms with Gasteiger partial charge in [-0.15, -0.1) is 0 Å². The Hall–Kier alpha value is -1.74. The summed E-state index contributed by atoms with van der Waals surface area (Å²) in [5.74, 6) is 0.815. The van der Waals surface area contributed by atoms with E-state index in [4.69, 9.17) is 5.73 Å². The highest BCUT2D eigenvalue weighted by Crippen LogP contribution is 2.27. The molecule has 0 radical (unpaired) electrons. The van der Waals surface area contributed by atoms with E-state index in [-0.39, 0.29) is 5.54 Å². The minimum atomic E-state index is -0.281. The number of benzene rings is 1. The van der Waals surface area contributed by atoms with Crippen LogP contribution in [0.25, 0.3) is 11.3 Å². The second-order valence-electron chi connectivity index (χ2n) is 6.36. The number of aromatic nitrogens is 2. The molecule has 0 bridgehead atoms. The predicted molar refractivity (Wildman–Crippen MR) is 81.5 cm³/mol. The lowest BCUT2D eigenvalue weighted by atomic mass is 10.0. The SMILES string of the molecule is CC(C)(N)Cc1nccc(-c2ccc3c(c2)CCC3)n1. The maximum atomic E-state index is 6.05. The van der Waals surface area contributed by atoms with Gasteiger partial charge in [-0.2, -0.15) is 0 Å². The molecule has 0 amide bonds. The molecule has 0 fully saturated rings. The fourth-order valence-electron chi connectivity index (χ4n) is 2.78. The Labute approximate surface area is 120 Å². The molecule has 2 N–H and O–H groups in total. The van der Waals surface area contributed by atoms with Gasteiger partial charge in [0.1, 0.15) is 5.82 Å². The topological polar surface area (TPSA) is 51.8 Å². The van der Waals surface area contributed by atoms with Crippen molar-refractivity contribution < 1.29 is 0 Å². The third-order valence-electron chi connectivity index (χ3n) is 3.71. The highest BCUT2D eigenvalue weighted by atomic mass is 14.9. The lowest BCUT2D eigenvalue weighted by Gasteiger charge is -2.17. The summed E-state index contributed by atoms with van der Waals surface area (Å²) >= 11 is 0. The Morgan fingerprint density at radius 2 is 1.95 bits per heavy atom. The summed E-state index contributed by atoms with van der Waals surface area (Å²) in [5, 5.41) is 0. The summed E-state index contributed by atoms with van der Waals surface area (Å²) in [7, 11) is 0. The smallest absolute Gasteiger partial charge is 0.130 e. The molecule has 104 valence electrons. The molecule has 1 aromatic carbocycles. The van der Waals surface area contributed by atoms with E-state index in [9.17, 15) is 0 Å². The molecular formula is C17H21N3. The van der Waals surface area contributed by atoms with Crippen LogP contribution in [0.1, 0.15) is 37.2 Å². The standard InChI is InChI=1S/C17H21N3/c1-17(2,18)11-16-19-9-8-15(20-16)14-7-6-12-4-3-5-13(12)10-14/h6-10H,3-5,11,18H2,1-2H3. The molecule has 3 rings (SSSR count). The third-order valence-corrected chi connectivity index (χ3v) is 3.71. The molecule has 3 heteroatoms. The summed E-state index contributed by atoms with van der Waals surface area (Å²) in [6.07, 6.45) is 6.19. The molecule has 1 heterocycles. The highest BCUT2D eigenvalue weighted by Gasteiger charge is 2.15. The van der Waals surface area contributed by atoms with Gasteiger partial charge in [-0.3, -0.25) is 0 Å². The Balaban J connectivity index is 1.92. The number of nitrogens with two attached hydrogens (primary N) is 1. The monoisotopic (exact) mass is 267 g/mol. The lowest BCUT2D eigenvalue weighted by Crippen LogP contribution is -2.35. The van der Waals surface area contributed by atoms with Crippen LogP contribution >= 0.6 is 0 Å². The van der Waals surface area contributed by atoms with Crippen LogP contribution in [0.2, 0.25) is 0 Å². The van der Waals surface area contributed by atoms with E-state index in [1.165, 1.54) is 36.0 Å². The van der Waals surface area contributed by atoms with E-state index >= 15 is 0 Å². The molecule has 0 spiro atoms. The minimum absolute atomic E-state index is 0.281. The maximum absolute atomic E-state index is 6.05. The average molecular weight is 267 g/mol. The molecule has 2 aromatic rings. The highest BCUT2D eigenvalue weighted by molar-refractivity contribution is 5.61. The van der Waals surface area contributed by atoms with Crippen molar-refractivity contribution in [2.45, 2.75) is 45.1 Å². The molecule has 0 aliphatic heterocycles. The molecule has 1 aliphatic carbocycles. The van der Waals surface area contributed by atoms with Crippen LogP contribution in [0.3, 0.4) is 0 Å². The fourth-order valence-corrected chi connectivity index (χ4v) is 2.78. The predicted octanol–water partition coefficient (Wildman–Crippen LogP) is 2.91. The molecule has 0 saturated carbocycles. The average Bonchev–Trinajstić information content (AvgIpc) is 2.84. The number of aryl methyl sites for hydroxylation is 2. The second-order valence-corrected chi connectivity index (χ2v) is 6.36. The van der Waals surface area contributed by atoms with Gasteiger partial charge in [0.25, 0.3) is 0 Å². The first-order valence-electron chi connectivity index (χ1n) is 7.24. The van der Waals surface area contributed by atoms with Gasteiger partial charge in [0.05, 0.1) is 5.69 Å². The fraction of sp³-hybridized carbons (Fsp3) is 0.412. The van der Waals surface area contributed by atoms with Gasteiger partial charge in [0, 0.05) is 23.7 Å². The zero-order valence-corrected chi connectivity index (χ0v) is 12.2. The number of rotatable bonds is 3. The van der Waals surface area contributed by atoms with Crippen LogP contribution in [0, 0.1) is 0 Å². The largest absolute Gasteiger partial charge is 0.325 e. The summed E-state index contributed by atoms with van der Waals surface area (Å²) in [5.41, 5.74) is 10.9. The maximum Gasteiger partial charge on any atom is 0.130 e. The van der Waals surface area contributed by atoms with Crippen molar-refractivity contribution in [2.24, 2.45) is 5.73 Å². The van der Waals surface area contributed by atoms with Crippen molar-refractivity contribution in [3.8, 4) is 11.3 Å². The van der Waals surface area contributed by atoms with Crippen molar-refractivity contribution in [1.29, 1.82) is 0 Å². The van der Waals surface area contributed by atoms with Crippen molar-refractivity contribution >= 4 is 0 Å². The van der Waals surface area contributed by atoms with E-state index in [2.05, 4.69) is 28.2 Å². The van der Waals surface area contributed by atoms with Gasteiger partial charge in [-0.25, -0.2) is 9.97 Å². The first-order valence-corrected chi connectivity index (χ1v) is 7.24. The van der Waals surface area contributed by atoms with Crippen LogP contribution < -0.4 is 5.73 Å². The summed E-state index contributed by atoms with van der Waals surface area (Å²) < 4.78 is 0. The van der Waals surface area contributed by atoms with Crippen molar-refractivity contribution in [3.05, 3.63) is 47.4 Å². The van der Waals surface area contributed by atoms with Gasteiger partial charge in [0.15, 0.2) is 0 Å². The van der Waals surface area contributed by atoms with Crippen molar-refractivity contribution in [1.82, 2.24) is 9.97 Å². The number of nitrogens with zero attached hydrogens (tertiary/aromatic N) is 2. The molecular weight excluding hydrogens is 246 g/mol. The van der Waals surface area contributed by atoms with Crippen LogP contribution in [-0.2, 0) is 19.3 Å². The third kappa shape index (κ3) is 2.88. The van der Waals surface area contributed by atoms with E-state index in [1.54, 1.807) is 0 Å². The van der Waals surface area contributed by atoms with Crippen LogP contribution in [-0.4, -0.2) is 15.5 Å². The summed E-state index contributed by atoms with van der Waals surface area (Å²) in [6, 6.07) is 8.67. The molecule has 3 nitrogen and oxygen atoms in total. The molecule has 1 aliphatic rings. The van der Waals surface area contributed by atoms with Crippen LogP contribution in [0.15, 0.2) is 30.5 Å². The first-order chi connectivity index (χ1) is 9.51. The van der Waals surface area contributed by atoms with Crippen LogP contribution in [0.4, 0.5) is 0 Å². The summed E-state index contributed by atoms with van der Waals surface area (Å²) in [4.78, 5) is 8.99. The number of hydrogen-bond acceptors (Lipinski definition) is 3. The molecule has 0 atom stereocenters. The van der Waals surface area contributed by atoms with E-state index in [0.29, 0.717) is 6.42 Å². The summed E-state index contributed by atoms with van der Waals surface area (Å²) in [6.45, 7) is 4.00. The second kappa shape index (κ2) is 4.98. The van der Waals surface area contributed by atoms with Gasteiger partial charge in [-0.05, 0) is 56.4 Å². The van der Waals surface area contributed by atoms with E-state index in [0.717, 1.165) is 11.5 Å². The van der Waals surface area contributed by atoms with E-state index in [1.807, 2.05) is 26.1 Å². The molecule has 20 heavy (non-hydrogen) atoms. The Bertz CT molecular complexity index is 626. The van der Waals surface area contributed by atoms with Gasteiger partial charge < -0.3 is 5.73 Å². The van der Waals surface area contributed by atoms with Gasteiger partial charge in [-0.1, -0.05) is 12.1 Å². The minimum Gasteiger partial charge on any atom is -0.325 e.